The third-order valence-electron chi connectivity index (χ3n) is 3.40. The summed E-state index contributed by atoms with van der Waals surface area (Å²) >= 11 is 0. The lowest BCUT2D eigenvalue weighted by Crippen LogP contribution is -2.37. The average Bonchev–Trinajstić information content (AvgIpc) is 2.92. The van der Waals surface area contributed by atoms with Crippen molar-refractivity contribution in [2.75, 3.05) is 26.9 Å². The van der Waals surface area contributed by atoms with Crippen molar-refractivity contribution in [1.29, 1.82) is 0 Å². The Morgan fingerprint density at radius 1 is 1.43 bits per heavy atom. The molecule has 0 amide bonds. The Bertz CT molecular complexity index is 497. The van der Waals surface area contributed by atoms with E-state index in [1.54, 1.807) is 0 Å². The molecule has 114 valence electrons. The number of carbonyl (C=O) groups excluding carboxylic acids is 1. The topological polar surface area (TPSA) is 65.0 Å². The van der Waals surface area contributed by atoms with Gasteiger partial charge in [0.1, 0.15) is 5.60 Å². The zero-order valence-electron chi connectivity index (χ0n) is 12.1. The molecule has 1 aromatic carbocycles. The standard InChI is InChI=1S/C16H20O5/c1-19-15(18)7-14-8-16(11-17,21-10-14)12-20-9-13-5-3-2-4-6-13/h2-7,17H,8-12H2,1H3/b14-7-. The van der Waals surface area contributed by atoms with Crippen LogP contribution in [0.1, 0.15) is 12.0 Å². The highest BCUT2D eigenvalue weighted by molar-refractivity contribution is 5.82. The lowest BCUT2D eigenvalue weighted by molar-refractivity contribution is -0.134. The van der Waals surface area contributed by atoms with Gasteiger partial charge in [0.25, 0.3) is 0 Å². The molecule has 1 saturated heterocycles. The summed E-state index contributed by atoms with van der Waals surface area (Å²) in [5.41, 5.74) is 1.10. The molecule has 21 heavy (non-hydrogen) atoms. The van der Waals surface area contributed by atoms with Crippen molar-refractivity contribution in [3.8, 4) is 0 Å². The first-order valence-electron chi connectivity index (χ1n) is 6.81. The Hall–Kier alpha value is -1.69. The van der Waals surface area contributed by atoms with Crippen LogP contribution in [0.4, 0.5) is 0 Å². The lowest BCUT2D eigenvalue weighted by atomic mass is 9.99. The first kappa shape index (κ1) is 15.7. The Balaban J connectivity index is 1.88. The minimum atomic E-state index is -0.769. The van der Waals surface area contributed by atoms with Crippen molar-refractivity contribution in [3.63, 3.8) is 0 Å². The monoisotopic (exact) mass is 292 g/mol. The molecule has 0 spiro atoms. The fourth-order valence-electron chi connectivity index (χ4n) is 2.25. The van der Waals surface area contributed by atoms with Crippen molar-refractivity contribution in [2.24, 2.45) is 0 Å². The smallest absolute Gasteiger partial charge is 0.330 e. The van der Waals surface area contributed by atoms with Crippen molar-refractivity contribution < 1.29 is 24.1 Å². The molecule has 5 heteroatoms. The van der Waals surface area contributed by atoms with Crippen molar-refractivity contribution in [3.05, 3.63) is 47.5 Å². The summed E-state index contributed by atoms with van der Waals surface area (Å²) in [4.78, 5) is 11.2. The van der Waals surface area contributed by atoms with Gasteiger partial charge in [-0.05, 0) is 11.1 Å². The fourth-order valence-corrected chi connectivity index (χ4v) is 2.25. The molecule has 1 aliphatic heterocycles. The highest BCUT2D eigenvalue weighted by Crippen LogP contribution is 2.30. The Morgan fingerprint density at radius 3 is 2.86 bits per heavy atom. The molecule has 1 fully saturated rings. The summed E-state index contributed by atoms with van der Waals surface area (Å²) in [5, 5.41) is 9.57. The second kappa shape index (κ2) is 7.36. The number of aliphatic hydroxyl groups excluding tert-OH is 1. The molecule has 1 atom stereocenters. The summed E-state index contributed by atoms with van der Waals surface area (Å²) < 4.78 is 15.9. The van der Waals surface area contributed by atoms with Crippen LogP contribution in [0, 0.1) is 0 Å². The highest BCUT2D eigenvalue weighted by Gasteiger charge is 2.37. The van der Waals surface area contributed by atoms with E-state index in [1.165, 1.54) is 13.2 Å². The summed E-state index contributed by atoms with van der Waals surface area (Å²) in [6, 6.07) is 9.80. The number of carbonyl (C=O) groups is 1. The predicted molar refractivity (Wildman–Crippen MR) is 76.6 cm³/mol. The Kier molecular flexibility index (Phi) is 5.50. The minimum Gasteiger partial charge on any atom is -0.466 e. The quantitative estimate of drug-likeness (QED) is 0.635. The van der Waals surface area contributed by atoms with Crippen LogP contribution in [0.3, 0.4) is 0 Å². The zero-order valence-corrected chi connectivity index (χ0v) is 12.1. The molecule has 1 unspecified atom stereocenters. The molecule has 0 aromatic heterocycles. The van der Waals surface area contributed by atoms with Gasteiger partial charge in [0.2, 0.25) is 0 Å². The van der Waals surface area contributed by atoms with Crippen LogP contribution in [0.2, 0.25) is 0 Å². The van der Waals surface area contributed by atoms with Gasteiger partial charge in [0.05, 0.1) is 33.5 Å². The molecule has 5 nitrogen and oxygen atoms in total. The third kappa shape index (κ3) is 4.39. The highest BCUT2D eigenvalue weighted by atomic mass is 16.6. The van der Waals surface area contributed by atoms with Crippen LogP contribution in [0.25, 0.3) is 0 Å². The second-order valence-corrected chi connectivity index (χ2v) is 5.11. The zero-order chi connectivity index (χ0) is 15.1. The van der Waals surface area contributed by atoms with E-state index < -0.39 is 11.6 Å². The van der Waals surface area contributed by atoms with E-state index in [-0.39, 0.29) is 13.2 Å². The van der Waals surface area contributed by atoms with E-state index in [9.17, 15) is 9.90 Å². The van der Waals surface area contributed by atoms with Crippen molar-refractivity contribution in [1.82, 2.24) is 0 Å². The number of aliphatic hydroxyl groups is 1. The Labute approximate surface area is 124 Å². The van der Waals surface area contributed by atoms with Gasteiger partial charge in [-0.3, -0.25) is 0 Å². The van der Waals surface area contributed by atoms with Gasteiger partial charge in [-0.2, -0.15) is 0 Å². The van der Waals surface area contributed by atoms with Gasteiger partial charge < -0.3 is 19.3 Å². The van der Waals surface area contributed by atoms with Crippen LogP contribution in [0.5, 0.6) is 0 Å². The average molecular weight is 292 g/mol. The molecular formula is C16H20O5. The molecule has 2 rings (SSSR count). The van der Waals surface area contributed by atoms with E-state index >= 15 is 0 Å². The summed E-state index contributed by atoms with van der Waals surface area (Å²) in [6.07, 6.45) is 1.88. The normalized spacial score (nSPS) is 23.4. The number of methoxy groups -OCH3 is 1. The minimum absolute atomic E-state index is 0.152. The van der Waals surface area contributed by atoms with Crippen LogP contribution in [0.15, 0.2) is 42.0 Å². The molecule has 1 heterocycles. The van der Waals surface area contributed by atoms with E-state index in [2.05, 4.69) is 4.74 Å². The molecular weight excluding hydrogens is 272 g/mol. The van der Waals surface area contributed by atoms with E-state index in [0.717, 1.165) is 11.1 Å². The number of hydrogen-bond acceptors (Lipinski definition) is 5. The molecule has 0 aliphatic carbocycles. The van der Waals surface area contributed by atoms with Gasteiger partial charge in [-0.25, -0.2) is 4.79 Å². The van der Waals surface area contributed by atoms with E-state index in [1.807, 2.05) is 30.3 Å². The second-order valence-electron chi connectivity index (χ2n) is 5.11. The molecule has 1 aromatic rings. The SMILES string of the molecule is COC(=O)/C=C1\COC(CO)(COCc2ccccc2)C1. The predicted octanol–water partition coefficient (Wildman–Crippen LogP) is 1.45. The molecule has 0 radical (unpaired) electrons. The number of benzene rings is 1. The summed E-state index contributed by atoms with van der Waals surface area (Å²) in [7, 11) is 1.33. The number of ether oxygens (including phenoxy) is 3. The van der Waals surface area contributed by atoms with Gasteiger partial charge >= 0.3 is 5.97 Å². The van der Waals surface area contributed by atoms with Crippen molar-refractivity contribution in [2.45, 2.75) is 18.6 Å². The van der Waals surface area contributed by atoms with E-state index in [4.69, 9.17) is 9.47 Å². The Morgan fingerprint density at radius 2 is 2.19 bits per heavy atom. The first-order chi connectivity index (χ1) is 10.2. The maximum atomic E-state index is 11.2. The van der Waals surface area contributed by atoms with Gasteiger partial charge in [-0.1, -0.05) is 30.3 Å². The molecule has 1 N–H and O–H groups in total. The largest absolute Gasteiger partial charge is 0.466 e. The molecule has 0 saturated carbocycles. The van der Waals surface area contributed by atoms with Gasteiger partial charge in [0, 0.05) is 12.5 Å². The number of rotatable bonds is 6. The first-order valence-corrected chi connectivity index (χ1v) is 6.81. The maximum Gasteiger partial charge on any atom is 0.330 e. The van der Waals surface area contributed by atoms with E-state index in [0.29, 0.717) is 19.6 Å². The molecule has 0 bridgehead atoms. The van der Waals surface area contributed by atoms with Crippen LogP contribution >= 0.6 is 0 Å². The van der Waals surface area contributed by atoms with Gasteiger partial charge in [0.15, 0.2) is 0 Å². The fraction of sp³-hybridized carbons (Fsp3) is 0.438. The van der Waals surface area contributed by atoms with Crippen LogP contribution < -0.4 is 0 Å². The maximum absolute atomic E-state index is 11.2. The summed E-state index contributed by atoms with van der Waals surface area (Å²) in [5.74, 6) is -0.410. The van der Waals surface area contributed by atoms with Crippen LogP contribution in [-0.2, 0) is 25.6 Å². The van der Waals surface area contributed by atoms with Crippen molar-refractivity contribution >= 4 is 5.97 Å². The summed E-state index contributed by atoms with van der Waals surface area (Å²) in [6.45, 7) is 0.892. The lowest BCUT2D eigenvalue weighted by Gasteiger charge is -2.25. The third-order valence-corrected chi connectivity index (χ3v) is 3.40. The number of esters is 1. The van der Waals surface area contributed by atoms with Crippen LogP contribution in [-0.4, -0.2) is 43.6 Å². The van der Waals surface area contributed by atoms with Gasteiger partial charge in [-0.15, -0.1) is 0 Å². The molecule has 1 aliphatic rings. The number of hydrogen-bond donors (Lipinski definition) is 1.